The predicted molar refractivity (Wildman–Crippen MR) is 61.3 cm³/mol. The van der Waals surface area contributed by atoms with Gasteiger partial charge in [-0.15, -0.1) is 10.2 Å². The van der Waals surface area contributed by atoms with Crippen LogP contribution in [0.1, 0.15) is 24.2 Å². The monoisotopic (exact) mass is 241 g/mol. The van der Waals surface area contributed by atoms with Gasteiger partial charge in [0, 0.05) is 19.6 Å². The van der Waals surface area contributed by atoms with Crippen LogP contribution in [0.2, 0.25) is 0 Å². The Kier molecular flexibility index (Phi) is 3.47. The molecule has 0 saturated carbocycles. The second-order valence-corrected chi connectivity index (χ2v) is 4.80. The fraction of sp³-hybridized carbons (Fsp3) is 0.667. The van der Waals surface area contributed by atoms with Gasteiger partial charge < -0.3 is 10.5 Å². The van der Waals surface area contributed by atoms with Crippen molar-refractivity contribution in [1.82, 2.24) is 19.8 Å². The molecule has 1 unspecified atom stereocenters. The summed E-state index contributed by atoms with van der Waals surface area (Å²) in [4.78, 5) is 0.812. The highest BCUT2D eigenvalue weighted by Gasteiger charge is 2.11. The number of fused-ring (bicyclic) bond motifs is 1. The first-order chi connectivity index (χ1) is 7.70. The molecule has 16 heavy (non-hydrogen) atoms. The van der Waals surface area contributed by atoms with Crippen LogP contribution in [0.3, 0.4) is 0 Å². The third kappa shape index (κ3) is 2.37. The van der Waals surface area contributed by atoms with Crippen molar-refractivity contribution in [2.45, 2.75) is 32.4 Å². The first-order valence-electron chi connectivity index (χ1n) is 5.15. The van der Waals surface area contributed by atoms with Gasteiger partial charge in [0.15, 0.2) is 5.82 Å². The topological polar surface area (TPSA) is 78.3 Å². The van der Waals surface area contributed by atoms with Gasteiger partial charge in [-0.25, -0.2) is 0 Å². The van der Waals surface area contributed by atoms with Crippen molar-refractivity contribution in [3.63, 3.8) is 0 Å². The Labute approximate surface area is 97.4 Å². The van der Waals surface area contributed by atoms with E-state index in [1.165, 1.54) is 0 Å². The molecule has 6 nitrogen and oxygen atoms in total. The summed E-state index contributed by atoms with van der Waals surface area (Å²) in [5.41, 5.74) is 5.71. The molecule has 0 spiro atoms. The zero-order chi connectivity index (χ0) is 11.5. The van der Waals surface area contributed by atoms with Gasteiger partial charge in [-0.05, 0) is 13.3 Å². The van der Waals surface area contributed by atoms with E-state index in [9.17, 15) is 0 Å². The van der Waals surface area contributed by atoms with E-state index in [1.807, 2.05) is 6.92 Å². The molecule has 2 rings (SSSR count). The lowest BCUT2D eigenvalue weighted by molar-refractivity contribution is 0.176. The third-order valence-electron chi connectivity index (χ3n) is 2.18. The molecule has 2 aromatic rings. The van der Waals surface area contributed by atoms with Gasteiger partial charge >= 0.3 is 0 Å². The van der Waals surface area contributed by atoms with E-state index in [4.69, 9.17) is 10.5 Å². The number of aromatic nitrogens is 4. The fourth-order valence-electron chi connectivity index (χ4n) is 1.37. The molecular formula is C9H15N5OS. The zero-order valence-electron chi connectivity index (χ0n) is 9.38. The van der Waals surface area contributed by atoms with E-state index in [0.717, 1.165) is 28.6 Å². The Morgan fingerprint density at radius 2 is 2.31 bits per heavy atom. The summed E-state index contributed by atoms with van der Waals surface area (Å²) in [5, 5.41) is 13.5. The van der Waals surface area contributed by atoms with Crippen molar-refractivity contribution in [2.24, 2.45) is 5.73 Å². The maximum absolute atomic E-state index is 5.71. The second-order valence-electron chi connectivity index (χ2n) is 3.76. The van der Waals surface area contributed by atoms with Crippen molar-refractivity contribution in [3.8, 4) is 0 Å². The molecule has 0 bridgehead atoms. The molecule has 88 valence electrons. The Balaban J connectivity index is 2.16. The lowest BCUT2D eigenvalue weighted by Crippen LogP contribution is -2.15. The van der Waals surface area contributed by atoms with E-state index in [1.54, 1.807) is 23.0 Å². The number of nitrogens with two attached hydrogens (primary N) is 1. The largest absolute Gasteiger partial charge is 0.377 e. The summed E-state index contributed by atoms with van der Waals surface area (Å²) in [6.07, 6.45) is 1.82. The lowest BCUT2D eigenvalue weighted by Gasteiger charge is -2.00. The number of ether oxygens (including phenoxy) is 1. The van der Waals surface area contributed by atoms with Crippen LogP contribution in [-0.4, -0.2) is 33.0 Å². The minimum Gasteiger partial charge on any atom is -0.377 e. The third-order valence-corrected chi connectivity index (χ3v) is 3.14. The van der Waals surface area contributed by atoms with Crippen LogP contribution >= 0.6 is 11.3 Å². The molecule has 7 heteroatoms. The molecule has 0 amide bonds. The van der Waals surface area contributed by atoms with Gasteiger partial charge in [0.25, 0.3) is 0 Å². The van der Waals surface area contributed by atoms with E-state index in [2.05, 4.69) is 15.3 Å². The minimum absolute atomic E-state index is 0.202. The highest BCUT2D eigenvalue weighted by Crippen LogP contribution is 2.16. The van der Waals surface area contributed by atoms with E-state index >= 15 is 0 Å². The molecule has 0 aliphatic rings. The lowest BCUT2D eigenvalue weighted by atomic mass is 10.2. The minimum atomic E-state index is 0.202. The number of hydrogen-bond donors (Lipinski definition) is 1. The predicted octanol–water partition coefficient (Wildman–Crippen LogP) is 0.612. The first kappa shape index (κ1) is 11.4. The summed E-state index contributed by atoms with van der Waals surface area (Å²) < 4.78 is 6.76. The molecule has 2 heterocycles. The van der Waals surface area contributed by atoms with Crippen molar-refractivity contribution in [1.29, 1.82) is 0 Å². The molecule has 0 fully saturated rings. The van der Waals surface area contributed by atoms with Crippen molar-refractivity contribution >= 4 is 16.3 Å². The molecule has 0 aromatic carbocycles. The van der Waals surface area contributed by atoms with Crippen molar-refractivity contribution in [3.05, 3.63) is 10.8 Å². The Morgan fingerprint density at radius 1 is 1.50 bits per heavy atom. The molecule has 0 aliphatic heterocycles. The standard InChI is InChI=1S/C9H15N5OS/c1-6(10)3-4-8-13-14-7(5-15-2)11-12-9(14)16-8/h6H,3-5,10H2,1-2H3. The van der Waals surface area contributed by atoms with Crippen LogP contribution in [-0.2, 0) is 17.8 Å². The normalized spacial score (nSPS) is 13.4. The van der Waals surface area contributed by atoms with Crippen LogP contribution < -0.4 is 5.73 Å². The van der Waals surface area contributed by atoms with Gasteiger partial charge in [0.1, 0.15) is 11.6 Å². The average Bonchev–Trinajstić information content (AvgIpc) is 2.77. The summed E-state index contributed by atoms with van der Waals surface area (Å²) in [6, 6.07) is 0.202. The second kappa shape index (κ2) is 4.86. The highest BCUT2D eigenvalue weighted by molar-refractivity contribution is 7.16. The average molecular weight is 241 g/mol. The number of rotatable bonds is 5. The number of aryl methyl sites for hydroxylation is 1. The van der Waals surface area contributed by atoms with E-state index < -0.39 is 0 Å². The van der Waals surface area contributed by atoms with Gasteiger partial charge in [-0.1, -0.05) is 11.3 Å². The maximum atomic E-state index is 5.71. The molecule has 2 N–H and O–H groups in total. The van der Waals surface area contributed by atoms with Gasteiger partial charge in [-0.2, -0.15) is 9.61 Å². The van der Waals surface area contributed by atoms with Crippen molar-refractivity contribution < 1.29 is 4.74 Å². The number of methoxy groups -OCH3 is 1. The zero-order valence-corrected chi connectivity index (χ0v) is 10.2. The molecule has 0 saturated heterocycles. The summed E-state index contributed by atoms with van der Waals surface area (Å²) in [6.45, 7) is 2.42. The van der Waals surface area contributed by atoms with Gasteiger partial charge in [0.05, 0.1) is 0 Å². The summed E-state index contributed by atoms with van der Waals surface area (Å²) in [5.74, 6) is 0.737. The highest BCUT2D eigenvalue weighted by atomic mass is 32.1. The Bertz CT molecular complexity index is 463. The van der Waals surface area contributed by atoms with Gasteiger partial charge in [-0.3, -0.25) is 0 Å². The van der Waals surface area contributed by atoms with Crippen LogP contribution in [0.15, 0.2) is 0 Å². The van der Waals surface area contributed by atoms with Crippen molar-refractivity contribution in [2.75, 3.05) is 7.11 Å². The van der Waals surface area contributed by atoms with Crippen LogP contribution in [0.4, 0.5) is 0 Å². The summed E-state index contributed by atoms with van der Waals surface area (Å²) >= 11 is 1.55. The first-order valence-corrected chi connectivity index (χ1v) is 5.97. The molecule has 2 aromatic heterocycles. The molecule has 0 aliphatic carbocycles. The fourth-order valence-corrected chi connectivity index (χ4v) is 2.24. The molecule has 0 radical (unpaired) electrons. The van der Waals surface area contributed by atoms with E-state index in [-0.39, 0.29) is 6.04 Å². The summed E-state index contributed by atoms with van der Waals surface area (Å²) in [7, 11) is 1.63. The Morgan fingerprint density at radius 3 is 3.00 bits per heavy atom. The molecular weight excluding hydrogens is 226 g/mol. The van der Waals surface area contributed by atoms with Gasteiger partial charge in [0.2, 0.25) is 4.96 Å². The van der Waals surface area contributed by atoms with Crippen LogP contribution in [0, 0.1) is 0 Å². The van der Waals surface area contributed by atoms with Crippen LogP contribution in [0.25, 0.3) is 4.96 Å². The quantitative estimate of drug-likeness (QED) is 0.830. The SMILES string of the molecule is COCc1nnc2sc(CCC(C)N)nn12. The smallest absolute Gasteiger partial charge is 0.234 e. The van der Waals surface area contributed by atoms with E-state index in [0.29, 0.717) is 6.61 Å². The molecule has 1 atom stereocenters. The number of hydrogen-bond acceptors (Lipinski definition) is 6. The van der Waals surface area contributed by atoms with Crippen LogP contribution in [0.5, 0.6) is 0 Å². The number of nitrogens with zero attached hydrogens (tertiary/aromatic N) is 4. The maximum Gasteiger partial charge on any atom is 0.234 e. The Hall–Kier alpha value is -1.05.